The third-order valence-corrected chi connectivity index (χ3v) is 3.80. The van der Waals surface area contributed by atoms with E-state index in [2.05, 4.69) is 69.8 Å². The Balaban J connectivity index is 1.90. The predicted octanol–water partition coefficient (Wildman–Crippen LogP) is 2.87. The first-order valence-corrected chi connectivity index (χ1v) is 6.65. The highest BCUT2D eigenvalue weighted by Gasteiger charge is 2.33. The van der Waals surface area contributed by atoms with E-state index in [0.717, 1.165) is 19.0 Å². The summed E-state index contributed by atoms with van der Waals surface area (Å²) in [7, 11) is 0. The molecule has 3 heteroatoms. The van der Waals surface area contributed by atoms with Crippen molar-refractivity contribution in [2.75, 3.05) is 18.4 Å². The van der Waals surface area contributed by atoms with Crippen LogP contribution >= 0.6 is 0 Å². The maximum atomic E-state index is 4.56. The molecule has 2 heterocycles. The molecule has 0 aromatic heterocycles. The van der Waals surface area contributed by atoms with Gasteiger partial charge in [0.15, 0.2) is 5.96 Å². The first-order valence-electron chi connectivity index (χ1n) is 6.65. The van der Waals surface area contributed by atoms with Crippen molar-refractivity contribution in [3.8, 4) is 0 Å². The lowest BCUT2D eigenvalue weighted by molar-refractivity contribution is 0.382. The van der Waals surface area contributed by atoms with Gasteiger partial charge in [0, 0.05) is 17.8 Å². The van der Waals surface area contributed by atoms with Crippen LogP contribution in [0.25, 0.3) is 0 Å². The Labute approximate surface area is 112 Å². The maximum Gasteiger partial charge on any atom is 0.199 e. The Kier molecular flexibility index (Phi) is 2.30. The molecular weight excluding hydrogens is 234 g/mol. The van der Waals surface area contributed by atoms with Gasteiger partial charge in [0.25, 0.3) is 0 Å². The highest BCUT2D eigenvalue weighted by molar-refractivity contribution is 5.98. The molecule has 0 spiro atoms. The fourth-order valence-electron chi connectivity index (χ4n) is 2.96. The van der Waals surface area contributed by atoms with Gasteiger partial charge in [0.05, 0.1) is 12.6 Å². The second kappa shape index (κ2) is 4.12. The minimum atomic E-state index is 0.278. The summed E-state index contributed by atoms with van der Waals surface area (Å²) in [4.78, 5) is 6.92. The van der Waals surface area contributed by atoms with Crippen LogP contribution in [0.15, 0.2) is 59.6 Å². The molecule has 1 atom stereocenters. The van der Waals surface area contributed by atoms with Crippen LogP contribution < -0.4 is 5.32 Å². The Morgan fingerprint density at radius 3 is 2.68 bits per heavy atom. The number of fused-ring (bicyclic) bond motifs is 2. The predicted molar refractivity (Wildman–Crippen MR) is 77.4 cm³/mol. The zero-order valence-electron chi connectivity index (χ0n) is 10.6. The van der Waals surface area contributed by atoms with Gasteiger partial charge in [0.2, 0.25) is 0 Å². The molecule has 2 aliphatic heterocycles. The molecule has 2 aromatic rings. The fraction of sp³-hybridized carbons (Fsp3) is 0.188. The number of nitrogens with one attached hydrogen (secondary N) is 1. The first-order chi connectivity index (χ1) is 9.43. The van der Waals surface area contributed by atoms with Crippen LogP contribution in [0, 0.1) is 0 Å². The summed E-state index contributed by atoms with van der Waals surface area (Å²) in [6, 6.07) is 19.5. The summed E-state index contributed by atoms with van der Waals surface area (Å²) in [5.74, 6) is 1.01. The standard InChI is InChI=1S/C16H15N3/c1-2-6-12(7-3-1)15-13-8-4-5-9-14(13)18-16-17-10-11-19(15)16/h1-9,15H,10-11H2,(H,17,18). The smallest absolute Gasteiger partial charge is 0.199 e. The average molecular weight is 249 g/mol. The summed E-state index contributed by atoms with van der Waals surface area (Å²) in [6.45, 7) is 1.86. The van der Waals surface area contributed by atoms with Crippen molar-refractivity contribution >= 4 is 11.6 Å². The molecule has 2 aromatic carbocycles. The lowest BCUT2D eigenvalue weighted by Gasteiger charge is -2.37. The van der Waals surface area contributed by atoms with Gasteiger partial charge in [-0.2, -0.15) is 0 Å². The third kappa shape index (κ3) is 1.62. The highest BCUT2D eigenvalue weighted by Crippen LogP contribution is 2.38. The fourth-order valence-corrected chi connectivity index (χ4v) is 2.96. The number of nitrogens with zero attached hydrogens (tertiary/aromatic N) is 2. The molecule has 0 saturated heterocycles. The first kappa shape index (κ1) is 10.6. The number of para-hydroxylation sites is 1. The van der Waals surface area contributed by atoms with Crippen LogP contribution in [0.5, 0.6) is 0 Å². The van der Waals surface area contributed by atoms with Gasteiger partial charge in [0.1, 0.15) is 0 Å². The molecule has 0 amide bonds. The monoisotopic (exact) mass is 249 g/mol. The average Bonchev–Trinajstić information content (AvgIpc) is 2.93. The zero-order valence-corrected chi connectivity index (χ0v) is 10.6. The van der Waals surface area contributed by atoms with Crippen molar-refractivity contribution in [3.63, 3.8) is 0 Å². The highest BCUT2D eigenvalue weighted by atomic mass is 15.4. The van der Waals surface area contributed by atoms with E-state index < -0.39 is 0 Å². The van der Waals surface area contributed by atoms with Crippen LogP contribution in [0.3, 0.4) is 0 Å². The molecule has 0 aliphatic carbocycles. The molecule has 1 unspecified atom stereocenters. The Bertz CT molecular complexity index is 633. The number of guanidine groups is 1. The summed E-state index contributed by atoms with van der Waals surface area (Å²) in [5, 5.41) is 3.43. The zero-order chi connectivity index (χ0) is 12.7. The van der Waals surface area contributed by atoms with Crippen molar-refractivity contribution < 1.29 is 0 Å². The Morgan fingerprint density at radius 1 is 1.00 bits per heavy atom. The van der Waals surface area contributed by atoms with E-state index in [4.69, 9.17) is 0 Å². The van der Waals surface area contributed by atoms with Crippen LogP contribution in [0.2, 0.25) is 0 Å². The molecular formula is C16H15N3. The normalized spacial score (nSPS) is 20.3. The SMILES string of the molecule is c1ccc(C2c3ccccc3NC3=NCCN32)cc1. The third-order valence-electron chi connectivity index (χ3n) is 3.80. The van der Waals surface area contributed by atoms with E-state index in [-0.39, 0.29) is 6.04 Å². The second-order valence-corrected chi connectivity index (χ2v) is 4.92. The molecule has 94 valence electrons. The number of anilines is 1. The Morgan fingerprint density at radius 2 is 1.79 bits per heavy atom. The van der Waals surface area contributed by atoms with Crippen LogP contribution in [0.4, 0.5) is 5.69 Å². The molecule has 0 fully saturated rings. The van der Waals surface area contributed by atoms with E-state index in [1.165, 1.54) is 16.8 Å². The maximum absolute atomic E-state index is 4.56. The van der Waals surface area contributed by atoms with Crippen molar-refractivity contribution in [1.82, 2.24) is 4.90 Å². The molecule has 2 aliphatic rings. The number of hydrogen-bond donors (Lipinski definition) is 1. The van der Waals surface area contributed by atoms with Crippen LogP contribution in [-0.2, 0) is 0 Å². The van der Waals surface area contributed by atoms with E-state index >= 15 is 0 Å². The molecule has 3 nitrogen and oxygen atoms in total. The molecule has 0 saturated carbocycles. The van der Waals surface area contributed by atoms with Crippen LogP contribution in [0.1, 0.15) is 17.2 Å². The minimum Gasteiger partial charge on any atom is -0.330 e. The van der Waals surface area contributed by atoms with Gasteiger partial charge in [-0.1, -0.05) is 48.5 Å². The lowest BCUT2D eigenvalue weighted by atomic mass is 9.94. The van der Waals surface area contributed by atoms with E-state index in [9.17, 15) is 0 Å². The number of hydrogen-bond acceptors (Lipinski definition) is 3. The van der Waals surface area contributed by atoms with Crippen molar-refractivity contribution in [2.24, 2.45) is 4.99 Å². The van der Waals surface area contributed by atoms with Crippen molar-refractivity contribution in [1.29, 1.82) is 0 Å². The van der Waals surface area contributed by atoms with Gasteiger partial charge in [-0.15, -0.1) is 0 Å². The summed E-state index contributed by atoms with van der Waals surface area (Å²) in [6.07, 6.45) is 0. The quantitative estimate of drug-likeness (QED) is 0.841. The molecule has 0 radical (unpaired) electrons. The van der Waals surface area contributed by atoms with Gasteiger partial charge >= 0.3 is 0 Å². The van der Waals surface area contributed by atoms with E-state index in [1.807, 2.05) is 0 Å². The van der Waals surface area contributed by atoms with Gasteiger partial charge in [-0.25, -0.2) is 0 Å². The minimum absolute atomic E-state index is 0.278. The van der Waals surface area contributed by atoms with Gasteiger partial charge in [-0.05, 0) is 11.6 Å². The second-order valence-electron chi connectivity index (χ2n) is 4.92. The van der Waals surface area contributed by atoms with Gasteiger partial charge < -0.3 is 10.2 Å². The van der Waals surface area contributed by atoms with Crippen molar-refractivity contribution in [3.05, 3.63) is 65.7 Å². The lowest BCUT2D eigenvalue weighted by Crippen LogP contribution is -2.41. The van der Waals surface area contributed by atoms with Crippen molar-refractivity contribution in [2.45, 2.75) is 6.04 Å². The summed E-state index contributed by atoms with van der Waals surface area (Å²) in [5.41, 5.74) is 3.83. The summed E-state index contributed by atoms with van der Waals surface area (Å²) < 4.78 is 0. The topological polar surface area (TPSA) is 27.6 Å². The number of aliphatic imine (C=N–C) groups is 1. The van der Waals surface area contributed by atoms with E-state index in [1.54, 1.807) is 0 Å². The van der Waals surface area contributed by atoms with E-state index in [0.29, 0.717) is 0 Å². The largest absolute Gasteiger partial charge is 0.330 e. The summed E-state index contributed by atoms with van der Waals surface area (Å²) >= 11 is 0. The molecule has 1 N–H and O–H groups in total. The molecule has 19 heavy (non-hydrogen) atoms. The Hall–Kier alpha value is -2.29. The number of benzene rings is 2. The van der Waals surface area contributed by atoms with Crippen LogP contribution in [-0.4, -0.2) is 23.9 Å². The van der Waals surface area contributed by atoms with Gasteiger partial charge in [-0.3, -0.25) is 4.99 Å². The molecule has 4 rings (SSSR count). The number of rotatable bonds is 1. The molecule has 0 bridgehead atoms.